The van der Waals surface area contributed by atoms with Gasteiger partial charge >= 0.3 is 0 Å². The number of anilines is 1. The monoisotopic (exact) mass is 315 g/mol. The number of nitrogens with zero attached hydrogens (tertiary/aromatic N) is 2. The summed E-state index contributed by atoms with van der Waals surface area (Å²) in [4.78, 5) is 8.81. The van der Waals surface area contributed by atoms with E-state index in [1.165, 1.54) is 0 Å². The van der Waals surface area contributed by atoms with Crippen molar-refractivity contribution in [3.63, 3.8) is 0 Å². The highest BCUT2D eigenvalue weighted by Crippen LogP contribution is 2.17. The summed E-state index contributed by atoms with van der Waals surface area (Å²) in [6, 6.07) is 1.87. The molecule has 1 fully saturated rings. The number of hydrogen-bond donors (Lipinski definition) is 1. The smallest absolute Gasteiger partial charge is 0.134 e. The van der Waals surface area contributed by atoms with Gasteiger partial charge in [-0.1, -0.05) is 13.8 Å². The summed E-state index contributed by atoms with van der Waals surface area (Å²) >= 11 is 3.40. The Bertz CT molecular complexity index is 395. The van der Waals surface area contributed by atoms with Crippen molar-refractivity contribution in [2.45, 2.75) is 25.9 Å². The molecule has 1 aromatic rings. The highest BCUT2D eigenvalue weighted by Gasteiger charge is 2.14. The zero-order valence-electron chi connectivity index (χ0n) is 10.6. The SMILES string of the molecule is CC(C)c1nc(Br)cc(NCC2COCCO2)n1. The minimum absolute atomic E-state index is 0.0926. The summed E-state index contributed by atoms with van der Waals surface area (Å²) in [5.74, 6) is 1.94. The van der Waals surface area contributed by atoms with Gasteiger partial charge in [-0.2, -0.15) is 0 Å². The van der Waals surface area contributed by atoms with Crippen LogP contribution < -0.4 is 5.32 Å². The van der Waals surface area contributed by atoms with Gasteiger partial charge in [0.05, 0.1) is 25.9 Å². The van der Waals surface area contributed by atoms with Crippen LogP contribution in [0.15, 0.2) is 10.7 Å². The molecule has 1 aliphatic heterocycles. The van der Waals surface area contributed by atoms with Gasteiger partial charge in [0, 0.05) is 18.5 Å². The van der Waals surface area contributed by atoms with Crippen molar-refractivity contribution < 1.29 is 9.47 Å². The molecule has 0 aromatic carbocycles. The van der Waals surface area contributed by atoms with Crippen LogP contribution in [0.5, 0.6) is 0 Å². The second kappa shape index (κ2) is 6.45. The molecular formula is C12H18BrN3O2. The normalized spacial score (nSPS) is 20.1. The van der Waals surface area contributed by atoms with Crippen LogP contribution in [0.2, 0.25) is 0 Å². The van der Waals surface area contributed by atoms with Gasteiger partial charge in [-0.3, -0.25) is 0 Å². The second-order valence-electron chi connectivity index (χ2n) is 4.54. The molecule has 0 spiro atoms. The zero-order valence-corrected chi connectivity index (χ0v) is 12.2. The highest BCUT2D eigenvalue weighted by atomic mass is 79.9. The van der Waals surface area contributed by atoms with Crippen molar-refractivity contribution in [3.8, 4) is 0 Å². The highest BCUT2D eigenvalue weighted by molar-refractivity contribution is 9.10. The largest absolute Gasteiger partial charge is 0.376 e. The average Bonchev–Trinajstić information content (AvgIpc) is 2.37. The second-order valence-corrected chi connectivity index (χ2v) is 5.35. The van der Waals surface area contributed by atoms with Crippen LogP contribution in [-0.4, -0.2) is 42.4 Å². The lowest BCUT2D eigenvalue weighted by Gasteiger charge is -2.23. The minimum Gasteiger partial charge on any atom is -0.376 e. The van der Waals surface area contributed by atoms with Crippen molar-refractivity contribution in [2.24, 2.45) is 0 Å². The molecule has 2 heterocycles. The van der Waals surface area contributed by atoms with Crippen molar-refractivity contribution in [2.75, 3.05) is 31.7 Å². The van der Waals surface area contributed by atoms with E-state index in [0.717, 1.165) is 16.2 Å². The summed E-state index contributed by atoms with van der Waals surface area (Å²) < 4.78 is 11.7. The van der Waals surface area contributed by atoms with Gasteiger partial charge in [-0.05, 0) is 15.9 Å². The molecule has 1 atom stereocenters. The summed E-state index contributed by atoms with van der Waals surface area (Å²) in [6.07, 6.45) is 0.0926. The Morgan fingerprint density at radius 3 is 2.94 bits per heavy atom. The van der Waals surface area contributed by atoms with Crippen LogP contribution in [0, 0.1) is 0 Å². The van der Waals surface area contributed by atoms with Gasteiger partial charge in [-0.25, -0.2) is 9.97 Å². The number of aromatic nitrogens is 2. The fourth-order valence-electron chi connectivity index (χ4n) is 1.66. The first-order valence-corrected chi connectivity index (χ1v) is 6.92. The van der Waals surface area contributed by atoms with E-state index in [1.807, 2.05) is 6.07 Å². The van der Waals surface area contributed by atoms with E-state index < -0.39 is 0 Å². The fourth-order valence-corrected chi connectivity index (χ4v) is 2.06. The van der Waals surface area contributed by atoms with E-state index in [-0.39, 0.29) is 6.10 Å². The number of halogens is 1. The molecule has 18 heavy (non-hydrogen) atoms. The minimum atomic E-state index is 0.0926. The Labute approximate surface area is 115 Å². The lowest BCUT2D eigenvalue weighted by molar-refractivity contribution is -0.0819. The number of rotatable bonds is 4. The van der Waals surface area contributed by atoms with E-state index in [0.29, 0.717) is 32.3 Å². The van der Waals surface area contributed by atoms with Crippen LogP contribution >= 0.6 is 15.9 Å². The standard InChI is InChI=1S/C12H18BrN3O2/c1-8(2)12-15-10(13)5-11(16-12)14-6-9-7-17-3-4-18-9/h5,8-9H,3-4,6-7H2,1-2H3,(H,14,15,16). The Morgan fingerprint density at radius 2 is 2.28 bits per heavy atom. The lowest BCUT2D eigenvalue weighted by atomic mass is 10.2. The van der Waals surface area contributed by atoms with Crippen LogP contribution in [0.3, 0.4) is 0 Å². The molecule has 0 amide bonds. The van der Waals surface area contributed by atoms with Gasteiger partial charge in [0.25, 0.3) is 0 Å². The molecule has 0 bridgehead atoms. The topological polar surface area (TPSA) is 56.3 Å². The third-order valence-corrected chi connectivity index (χ3v) is 3.03. The molecular weight excluding hydrogens is 298 g/mol. The van der Waals surface area contributed by atoms with E-state index >= 15 is 0 Å². The van der Waals surface area contributed by atoms with E-state index in [9.17, 15) is 0 Å². The van der Waals surface area contributed by atoms with Crippen molar-refractivity contribution in [1.82, 2.24) is 9.97 Å². The molecule has 1 aromatic heterocycles. The first-order valence-electron chi connectivity index (χ1n) is 6.13. The molecule has 0 saturated carbocycles. The average molecular weight is 316 g/mol. The maximum Gasteiger partial charge on any atom is 0.134 e. The Balaban J connectivity index is 1.95. The molecule has 1 saturated heterocycles. The van der Waals surface area contributed by atoms with Crippen molar-refractivity contribution in [3.05, 3.63) is 16.5 Å². The first kappa shape index (κ1) is 13.7. The first-order chi connectivity index (χ1) is 8.65. The van der Waals surface area contributed by atoms with Crippen LogP contribution in [-0.2, 0) is 9.47 Å². The molecule has 0 radical (unpaired) electrons. The van der Waals surface area contributed by atoms with Crippen LogP contribution in [0.25, 0.3) is 0 Å². The number of hydrogen-bond acceptors (Lipinski definition) is 5. The van der Waals surface area contributed by atoms with Crippen molar-refractivity contribution >= 4 is 21.7 Å². The van der Waals surface area contributed by atoms with Gasteiger partial charge in [0.2, 0.25) is 0 Å². The Morgan fingerprint density at radius 1 is 1.44 bits per heavy atom. The molecule has 100 valence electrons. The van der Waals surface area contributed by atoms with Crippen molar-refractivity contribution in [1.29, 1.82) is 0 Å². The summed E-state index contributed by atoms with van der Waals surface area (Å²) in [6.45, 7) is 6.83. The Kier molecular flexibility index (Phi) is 4.91. The van der Waals surface area contributed by atoms with E-state index in [4.69, 9.17) is 9.47 Å². The summed E-state index contributed by atoms with van der Waals surface area (Å²) in [5, 5.41) is 3.26. The summed E-state index contributed by atoms with van der Waals surface area (Å²) in [5.41, 5.74) is 0. The number of nitrogens with one attached hydrogen (secondary N) is 1. The lowest BCUT2D eigenvalue weighted by Crippen LogP contribution is -2.34. The molecule has 2 rings (SSSR count). The van der Waals surface area contributed by atoms with Crippen LogP contribution in [0.1, 0.15) is 25.6 Å². The Hall–Kier alpha value is -0.720. The fraction of sp³-hybridized carbons (Fsp3) is 0.667. The summed E-state index contributed by atoms with van der Waals surface area (Å²) in [7, 11) is 0. The van der Waals surface area contributed by atoms with E-state index in [2.05, 4.69) is 45.1 Å². The quantitative estimate of drug-likeness (QED) is 0.863. The van der Waals surface area contributed by atoms with Gasteiger partial charge in [-0.15, -0.1) is 0 Å². The molecule has 1 N–H and O–H groups in total. The maximum atomic E-state index is 5.56. The molecule has 1 aliphatic rings. The number of ether oxygens (including phenoxy) is 2. The third kappa shape index (κ3) is 3.90. The van der Waals surface area contributed by atoms with E-state index in [1.54, 1.807) is 0 Å². The van der Waals surface area contributed by atoms with Crippen LogP contribution in [0.4, 0.5) is 5.82 Å². The molecule has 5 nitrogen and oxygen atoms in total. The predicted octanol–water partition coefficient (Wildman–Crippen LogP) is 2.19. The zero-order chi connectivity index (χ0) is 13.0. The van der Waals surface area contributed by atoms with Gasteiger partial charge in [0.1, 0.15) is 16.2 Å². The molecule has 0 aliphatic carbocycles. The third-order valence-electron chi connectivity index (χ3n) is 2.62. The molecule has 6 heteroatoms. The predicted molar refractivity (Wildman–Crippen MR) is 72.9 cm³/mol. The van der Waals surface area contributed by atoms with Gasteiger partial charge in [0.15, 0.2) is 0 Å². The maximum absolute atomic E-state index is 5.56. The molecule has 1 unspecified atom stereocenters. The van der Waals surface area contributed by atoms with Gasteiger partial charge < -0.3 is 14.8 Å².